The quantitative estimate of drug-likeness (QED) is 0.902. The van der Waals surface area contributed by atoms with E-state index in [4.69, 9.17) is 0 Å². The molecule has 2 fully saturated rings. The average molecular weight is 328 g/mol. The number of rotatable bonds is 3. The summed E-state index contributed by atoms with van der Waals surface area (Å²) in [7, 11) is 0. The number of nitrogens with zero attached hydrogens (tertiary/aromatic N) is 4. The van der Waals surface area contributed by atoms with Crippen LogP contribution in [0, 0.1) is 0 Å². The van der Waals surface area contributed by atoms with Crippen LogP contribution in [-0.2, 0) is 0 Å². The number of hydrogen-bond acceptors (Lipinski definition) is 4. The van der Waals surface area contributed by atoms with Crippen molar-refractivity contribution in [1.29, 1.82) is 0 Å². The van der Waals surface area contributed by atoms with Crippen LogP contribution in [0.2, 0.25) is 0 Å². The summed E-state index contributed by atoms with van der Waals surface area (Å²) in [5.41, 5.74) is 1.63. The van der Waals surface area contributed by atoms with Crippen LogP contribution >= 0.6 is 0 Å². The second kappa shape index (κ2) is 6.76. The van der Waals surface area contributed by atoms with E-state index in [1.165, 1.54) is 0 Å². The molecule has 0 bridgehead atoms. The predicted octanol–water partition coefficient (Wildman–Crippen LogP) is 1.90. The second-order valence-corrected chi connectivity index (χ2v) is 6.72. The Morgan fingerprint density at radius 2 is 2.21 bits per heavy atom. The summed E-state index contributed by atoms with van der Waals surface area (Å²) in [5, 5.41) is 14.9. The van der Waals surface area contributed by atoms with E-state index in [0.717, 1.165) is 57.3 Å². The molecule has 1 amide bonds. The van der Waals surface area contributed by atoms with Gasteiger partial charge in [-0.2, -0.15) is 10.2 Å². The van der Waals surface area contributed by atoms with E-state index in [2.05, 4.69) is 20.6 Å². The zero-order valence-corrected chi connectivity index (χ0v) is 13.8. The Kier molecular flexibility index (Phi) is 4.34. The zero-order valence-electron chi connectivity index (χ0n) is 13.8. The van der Waals surface area contributed by atoms with Gasteiger partial charge in [-0.05, 0) is 44.7 Å². The average Bonchev–Trinajstić information content (AvgIpc) is 3.34. The van der Waals surface area contributed by atoms with E-state index < -0.39 is 0 Å². The number of H-pyrrole nitrogens is 1. The normalized spacial score (nSPS) is 24.9. The van der Waals surface area contributed by atoms with Gasteiger partial charge in [-0.15, -0.1) is 0 Å². The van der Waals surface area contributed by atoms with Crippen LogP contribution < -0.4 is 5.32 Å². The van der Waals surface area contributed by atoms with Gasteiger partial charge in [0.25, 0.3) is 5.91 Å². The van der Waals surface area contributed by atoms with Crippen molar-refractivity contribution in [3.05, 3.63) is 35.9 Å². The maximum absolute atomic E-state index is 13.0. The van der Waals surface area contributed by atoms with E-state index in [1.54, 1.807) is 0 Å². The number of aromatic nitrogens is 4. The number of hydrogen-bond donors (Lipinski definition) is 2. The third kappa shape index (κ3) is 2.96. The van der Waals surface area contributed by atoms with Crippen molar-refractivity contribution in [3.63, 3.8) is 0 Å². The maximum Gasteiger partial charge on any atom is 0.274 e. The fourth-order valence-electron chi connectivity index (χ4n) is 3.83. The van der Waals surface area contributed by atoms with E-state index in [9.17, 15) is 4.79 Å². The molecule has 4 rings (SSSR count). The summed E-state index contributed by atoms with van der Waals surface area (Å²) in [4.78, 5) is 15.0. The Bertz CT molecular complexity index is 673. The number of nitrogens with one attached hydrogen (secondary N) is 2. The molecule has 2 atom stereocenters. The molecule has 2 unspecified atom stereocenters. The molecule has 0 aliphatic carbocycles. The molecule has 24 heavy (non-hydrogen) atoms. The van der Waals surface area contributed by atoms with Gasteiger partial charge in [-0.1, -0.05) is 0 Å². The molecule has 0 aromatic carbocycles. The minimum atomic E-state index is 0.0309. The molecule has 2 aromatic heterocycles. The van der Waals surface area contributed by atoms with E-state index in [-0.39, 0.29) is 11.9 Å². The van der Waals surface area contributed by atoms with Crippen molar-refractivity contribution < 1.29 is 4.79 Å². The van der Waals surface area contributed by atoms with Gasteiger partial charge in [-0.25, -0.2) is 0 Å². The molecule has 0 spiro atoms. The second-order valence-electron chi connectivity index (χ2n) is 6.72. The van der Waals surface area contributed by atoms with Crippen molar-refractivity contribution in [2.24, 2.45) is 0 Å². The molecule has 128 valence electrons. The van der Waals surface area contributed by atoms with Crippen molar-refractivity contribution >= 4 is 5.91 Å². The molecule has 7 nitrogen and oxygen atoms in total. The van der Waals surface area contributed by atoms with Crippen LogP contribution in [0.5, 0.6) is 0 Å². The lowest BCUT2D eigenvalue weighted by atomic mass is 9.97. The van der Waals surface area contributed by atoms with Gasteiger partial charge >= 0.3 is 0 Å². The first-order valence-electron chi connectivity index (χ1n) is 8.88. The van der Waals surface area contributed by atoms with Gasteiger partial charge in [0.15, 0.2) is 0 Å². The summed E-state index contributed by atoms with van der Waals surface area (Å²) in [6, 6.07) is 2.32. The third-order valence-electron chi connectivity index (χ3n) is 5.14. The summed E-state index contributed by atoms with van der Waals surface area (Å²) in [6.07, 6.45) is 11.1. The van der Waals surface area contributed by atoms with Crippen molar-refractivity contribution in [2.75, 3.05) is 19.6 Å². The minimum Gasteiger partial charge on any atom is -0.330 e. The first-order valence-corrected chi connectivity index (χ1v) is 8.88. The Morgan fingerprint density at radius 1 is 1.25 bits per heavy atom. The molecule has 2 aliphatic rings. The SMILES string of the molecule is O=C(c1ccn(C2CCCNC2)n1)N1CCCCC1c1cn[nH]c1. The first kappa shape index (κ1) is 15.4. The summed E-state index contributed by atoms with van der Waals surface area (Å²) in [6.45, 7) is 2.78. The van der Waals surface area contributed by atoms with E-state index >= 15 is 0 Å². The van der Waals surface area contributed by atoms with Crippen molar-refractivity contribution in [3.8, 4) is 0 Å². The van der Waals surface area contributed by atoms with Gasteiger partial charge in [0.2, 0.25) is 0 Å². The molecule has 2 aromatic rings. The Hall–Kier alpha value is -2.15. The number of aromatic amines is 1. The fourth-order valence-corrected chi connectivity index (χ4v) is 3.83. The van der Waals surface area contributed by atoms with Crippen LogP contribution in [0.4, 0.5) is 0 Å². The summed E-state index contributed by atoms with van der Waals surface area (Å²) < 4.78 is 1.95. The van der Waals surface area contributed by atoms with Crippen molar-refractivity contribution in [2.45, 2.75) is 44.2 Å². The standard InChI is InChI=1S/C17H24N6O/c24-17(15-6-9-23(21-15)14-4-3-7-18-12-14)22-8-2-1-5-16(22)13-10-19-20-11-13/h6,9-11,14,16,18H,1-5,7-8,12H2,(H,19,20). The highest BCUT2D eigenvalue weighted by Gasteiger charge is 2.30. The van der Waals surface area contributed by atoms with Crippen LogP contribution in [0.1, 0.15) is 60.2 Å². The van der Waals surface area contributed by atoms with Gasteiger partial charge in [0.05, 0.1) is 18.3 Å². The number of likely N-dealkylation sites (tertiary alicyclic amines) is 1. The number of carbonyl (C=O) groups excluding carboxylic acids is 1. The zero-order chi connectivity index (χ0) is 16.4. The highest BCUT2D eigenvalue weighted by atomic mass is 16.2. The lowest BCUT2D eigenvalue weighted by molar-refractivity contribution is 0.0604. The lowest BCUT2D eigenvalue weighted by Gasteiger charge is -2.34. The van der Waals surface area contributed by atoms with E-state index in [0.29, 0.717) is 11.7 Å². The molecule has 0 saturated carbocycles. The van der Waals surface area contributed by atoms with Crippen LogP contribution in [0.15, 0.2) is 24.7 Å². The molecule has 2 N–H and O–H groups in total. The van der Waals surface area contributed by atoms with Gasteiger partial charge < -0.3 is 10.2 Å². The Labute approximate surface area is 141 Å². The van der Waals surface area contributed by atoms with Crippen molar-refractivity contribution in [1.82, 2.24) is 30.2 Å². The topological polar surface area (TPSA) is 78.8 Å². The Morgan fingerprint density at radius 3 is 3.00 bits per heavy atom. The van der Waals surface area contributed by atoms with Crippen LogP contribution in [0.25, 0.3) is 0 Å². The molecular weight excluding hydrogens is 304 g/mol. The number of amides is 1. The van der Waals surface area contributed by atoms with Crippen LogP contribution in [0.3, 0.4) is 0 Å². The molecule has 2 aliphatic heterocycles. The predicted molar refractivity (Wildman–Crippen MR) is 89.6 cm³/mol. The number of piperidine rings is 2. The van der Waals surface area contributed by atoms with E-state index in [1.807, 2.05) is 34.2 Å². The monoisotopic (exact) mass is 328 g/mol. The van der Waals surface area contributed by atoms with Gasteiger partial charge in [0, 0.05) is 31.0 Å². The van der Waals surface area contributed by atoms with Gasteiger partial charge in [0.1, 0.15) is 5.69 Å². The number of carbonyl (C=O) groups is 1. The molecule has 4 heterocycles. The minimum absolute atomic E-state index is 0.0309. The Balaban J connectivity index is 1.52. The first-order chi connectivity index (χ1) is 11.8. The molecule has 7 heteroatoms. The smallest absolute Gasteiger partial charge is 0.274 e. The highest BCUT2D eigenvalue weighted by Crippen LogP contribution is 2.31. The summed E-state index contributed by atoms with van der Waals surface area (Å²) in [5.74, 6) is 0.0309. The molecule has 0 radical (unpaired) electrons. The largest absolute Gasteiger partial charge is 0.330 e. The highest BCUT2D eigenvalue weighted by molar-refractivity contribution is 5.92. The van der Waals surface area contributed by atoms with Gasteiger partial charge in [-0.3, -0.25) is 14.6 Å². The molecular formula is C17H24N6O. The fraction of sp³-hybridized carbons (Fsp3) is 0.588. The lowest BCUT2D eigenvalue weighted by Crippen LogP contribution is -2.38. The molecule has 2 saturated heterocycles. The maximum atomic E-state index is 13.0. The summed E-state index contributed by atoms with van der Waals surface area (Å²) >= 11 is 0. The van der Waals surface area contributed by atoms with Crippen LogP contribution in [-0.4, -0.2) is 50.4 Å². The third-order valence-corrected chi connectivity index (χ3v) is 5.14.